The number of nitrogens with one attached hydrogen (secondary N) is 1. The predicted molar refractivity (Wildman–Crippen MR) is 103 cm³/mol. The number of anilines is 1. The van der Waals surface area contributed by atoms with Crippen LogP contribution in [0.2, 0.25) is 0 Å². The van der Waals surface area contributed by atoms with E-state index in [1.54, 1.807) is 11.8 Å². The summed E-state index contributed by atoms with van der Waals surface area (Å²) in [6.07, 6.45) is 6.58. The third-order valence-electron chi connectivity index (χ3n) is 5.27. The van der Waals surface area contributed by atoms with E-state index in [-0.39, 0.29) is 12.1 Å². The number of guanidine groups is 1. The lowest BCUT2D eigenvalue weighted by Gasteiger charge is -2.19. The molecular weight excluding hydrogens is 344 g/mol. The van der Waals surface area contributed by atoms with Gasteiger partial charge in [-0.3, -0.25) is 0 Å². The zero-order chi connectivity index (χ0) is 18.6. The summed E-state index contributed by atoms with van der Waals surface area (Å²) in [5.41, 5.74) is 10.7. The largest absolute Gasteiger partial charge is 0.377 e. The zero-order valence-corrected chi connectivity index (χ0v) is 15.6. The maximum Gasteiger partial charge on any atom is 0.193 e. The minimum Gasteiger partial charge on any atom is -0.377 e. The highest BCUT2D eigenvalue weighted by atomic mass is 16.5. The number of fused-ring (bicyclic) bond motifs is 1. The smallest absolute Gasteiger partial charge is 0.193 e. The van der Waals surface area contributed by atoms with Crippen LogP contribution in [-0.2, 0) is 28.9 Å². The van der Waals surface area contributed by atoms with Crippen molar-refractivity contribution in [1.29, 1.82) is 0 Å². The van der Waals surface area contributed by atoms with Gasteiger partial charge in [0.25, 0.3) is 0 Å². The fraction of sp³-hybridized carbons (Fsp3) is 0.526. The Hall–Kier alpha value is -2.45. The van der Waals surface area contributed by atoms with Crippen LogP contribution in [0.15, 0.2) is 29.4 Å². The molecule has 0 radical (unpaired) electrons. The number of rotatable bonds is 5. The van der Waals surface area contributed by atoms with E-state index in [0.717, 1.165) is 24.2 Å². The molecule has 27 heavy (non-hydrogen) atoms. The van der Waals surface area contributed by atoms with Gasteiger partial charge in [0.05, 0.1) is 26.0 Å². The molecule has 1 aliphatic carbocycles. The molecule has 3 N–H and O–H groups in total. The van der Waals surface area contributed by atoms with Crippen molar-refractivity contribution < 1.29 is 9.47 Å². The first-order valence-corrected chi connectivity index (χ1v) is 9.43. The van der Waals surface area contributed by atoms with E-state index < -0.39 is 0 Å². The van der Waals surface area contributed by atoms with Gasteiger partial charge in [0, 0.05) is 12.8 Å². The number of methoxy groups -OCH3 is 1. The van der Waals surface area contributed by atoms with Gasteiger partial charge in [-0.15, -0.1) is 5.10 Å². The summed E-state index contributed by atoms with van der Waals surface area (Å²) in [7, 11) is 1.68. The average molecular weight is 370 g/mol. The van der Waals surface area contributed by atoms with Gasteiger partial charge in [0.1, 0.15) is 17.8 Å². The quantitative estimate of drug-likeness (QED) is 0.613. The second kappa shape index (κ2) is 8.06. The molecule has 0 amide bonds. The van der Waals surface area contributed by atoms with Crippen LogP contribution in [0.4, 0.5) is 5.69 Å². The molecule has 0 spiro atoms. The van der Waals surface area contributed by atoms with Gasteiger partial charge in [-0.05, 0) is 42.9 Å². The maximum atomic E-state index is 6.10. The van der Waals surface area contributed by atoms with Crippen molar-refractivity contribution in [1.82, 2.24) is 15.0 Å². The molecule has 2 atom stereocenters. The van der Waals surface area contributed by atoms with Gasteiger partial charge in [-0.2, -0.15) is 0 Å². The number of nitrogens with zero attached hydrogens (tertiary/aromatic N) is 4. The van der Waals surface area contributed by atoms with Crippen LogP contribution >= 0.6 is 0 Å². The Labute approximate surface area is 158 Å². The van der Waals surface area contributed by atoms with Crippen LogP contribution in [0, 0.1) is 0 Å². The first-order chi connectivity index (χ1) is 13.2. The number of hydrogen-bond acceptors (Lipinski definition) is 5. The zero-order valence-electron chi connectivity index (χ0n) is 15.6. The summed E-state index contributed by atoms with van der Waals surface area (Å²) in [5.74, 6) is 0.391. The summed E-state index contributed by atoms with van der Waals surface area (Å²) in [6, 6.07) is 6.38. The van der Waals surface area contributed by atoms with Crippen molar-refractivity contribution >= 4 is 11.6 Å². The minimum absolute atomic E-state index is 0.000885. The highest BCUT2D eigenvalue weighted by molar-refractivity contribution is 5.93. The van der Waals surface area contributed by atoms with Crippen LogP contribution in [-0.4, -0.2) is 47.4 Å². The number of aliphatic imine (C=N–C) groups is 1. The summed E-state index contributed by atoms with van der Waals surface area (Å²) >= 11 is 0. The third-order valence-corrected chi connectivity index (χ3v) is 5.27. The Morgan fingerprint density at radius 3 is 3.15 bits per heavy atom. The normalized spacial score (nSPS) is 22.6. The number of hydrogen-bond donors (Lipinski definition) is 2. The highest BCUT2D eigenvalue weighted by Gasteiger charge is 2.30. The van der Waals surface area contributed by atoms with Crippen molar-refractivity contribution in [3.63, 3.8) is 0 Å². The lowest BCUT2D eigenvalue weighted by Crippen LogP contribution is -2.24. The molecular formula is C19H26N6O2. The Bertz CT molecular complexity index is 818. The molecule has 1 aromatic carbocycles. The minimum atomic E-state index is -0.000885. The second-order valence-electron chi connectivity index (χ2n) is 7.05. The Morgan fingerprint density at radius 2 is 2.26 bits per heavy atom. The standard InChI is InChI=1S/C19H26N6O2/c1-26-18-12-27-11-17(18)25-10-14(23-24-25)9-21-19(20)22-16-8-4-6-13-5-2-3-7-15(13)16/h4,6,8,10,17-18H,2-3,5,7,9,11-12H2,1H3,(H3,20,21,22)/t17-,18-/m1/s1. The molecule has 1 aliphatic heterocycles. The van der Waals surface area contributed by atoms with Crippen LogP contribution in [0.1, 0.15) is 35.7 Å². The fourth-order valence-electron chi connectivity index (χ4n) is 3.79. The molecule has 1 fully saturated rings. The number of benzene rings is 1. The van der Waals surface area contributed by atoms with E-state index in [0.29, 0.717) is 25.7 Å². The lowest BCUT2D eigenvalue weighted by molar-refractivity contribution is 0.0661. The summed E-state index contributed by atoms with van der Waals surface area (Å²) in [4.78, 5) is 4.42. The average Bonchev–Trinajstić information content (AvgIpc) is 3.35. The number of nitrogens with two attached hydrogens (primary N) is 1. The van der Waals surface area contributed by atoms with Gasteiger partial charge >= 0.3 is 0 Å². The first kappa shape index (κ1) is 17.9. The van der Waals surface area contributed by atoms with Crippen molar-refractivity contribution in [2.45, 2.75) is 44.4 Å². The van der Waals surface area contributed by atoms with Gasteiger partial charge < -0.3 is 20.5 Å². The number of aryl methyl sites for hydroxylation is 1. The van der Waals surface area contributed by atoms with Gasteiger partial charge in [0.15, 0.2) is 5.96 Å². The Kier molecular flexibility index (Phi) is 5.35. The molecule has 2 aromatic rings. The monoisotopic (exact) mass is 370 g/mol. The molecule has 1 aromatic heterocycles. The first-order valence-electron chi connectivity index (χ1n) is 9.43. The van der Waals surface area contributed by atoms with E-state index in [4.69, 9.17) is 15.2 Å². The molecule has 0 saturated carbocycles. The fourth-order valence-corrected chi connectivity index (χ4v) is 3.79. The summed E-state index contributed by atoms with van der Waals surface area (Å²) in [6.45, 7) is 1.53. The van der Waals surface area contributed by atoms with E-state index in [1.165, 1.54) is 24.0 Å². The molecule has 0 bridgehead atoms. The maximum absolute atomic E-state index is 6.10. The highest BCUT2D eigenvalue weighted by Crippen LogP contribution is 2.27. The molecule has 8 heteroatoms. The van der Waals surface area contributed by atoms with Crippen molar-refractivity contribution in [2.75, 3.05) is 25.6 Å². The molecule has 2 heterocycles. The second-order valence-corrected chi connectivity index (χ2v) is 7.05. The van der Waals surface area contributed by atoms with Gasteiger partial charge in [-0.1, -0.05) is 17.3 Å². The van der Waals surface area contributed by atoms with Crippen LogP contribution in [0.25, 0.3) is 0 Å². The van der Waals surface area contributed by atoms with Gasteiger partial charge in [0.2, 0.25) is 0 Å². The Balaban J connectivity index is 1.40. The molecule has 2 aliphatic rings. The third kappa shape index (κ3) is 3.96. The summed E-state index contributed by atoms with van der Waals surface area (Å²) in [5, 5.41) is 11.6. The predicted octanol–water partition coefficient (Wildman–Crippen LogP) is 1.67. The van der Waals surface area contributed by atoms with Gasteiger partial charge in [-0.25, -0.2) is 9.67 Å². The van der Waals surface area contributed by atoms with Crippen molar-refractivity contribution in [3.05, 3.63) is 41.2 Å². The van der Waals surface area contributed by atoms with Crippen molar-refractivity contribution in [2.24, 2.45) is 10.7 Å². The van der Waals surface area contributed by atoms with E-state index in [9.17, 15) is 0 Å². The lowest BCUT2D eigenvalue weighted by atomic mass is 9.90. The van der Waals surface area contributed by atoms with E-state index in [1.807, 2.05) is 6.20 Å². The molecule has 0 unspecified atom stereocenters. The molecule has 144 valence electrons. The van der Waals surface area contributed by atoms with Crippen LogP contribution in [0.5, 0.6) is 0 Å². The van der Waals surface area contributed by atoms with E-state index >= 15 is 0 Å². The van der Waals surface area contributed by atoms with Crippen LogP contribution < -0.4 is 11.1 Å². The van der Waals surface area contributed by atoms with Crippen molar-refractivity contribution in [3.8, 4) is 0 Å². The molecule has 4 rings (SSSR count). The Morgan fingerprint density at radius 1 is 1.37 bits per heavy atom. The van der Waals surface area contributed by atoms with Crippen LogP contribution in [0.3, 0.4) is 0 Å². The number of ether oxygens (including phenoxy) is 2. The van der Waals surface area contributed by atoms with E-state index in [2.05, 4.69) is 38.8 Å². The summed E-state index contributed by atoms with van der Waals surface area (Å²) < 4.78 is 12.7. The molecule has 1 saturated heterocycles. The SMILES string of the molecule is CO[C@@H]1COC[C@H]1n1cc(CN=C(N)Nc2cccc3c2CCCC3)nn1. The topological polar surface area (TPSA) is 99.6 Å². The molecule has 8 nitrogen and oxygen atoms in total. The number of aromatic nitrogens is 3.